The number of amides is 1. The molecule has 0 aliphatic carbocycles. The number of halogens is 1. The van der Waals surface area contributed by atoms with E-state index in [-0.39, 0.29) is 33.1 Å². The van der Waals surface area contributed by atoms with E-state index in [1.165, 1.54) is 30.3 Å². The van der Waals surface area contributed by atoms with Crippen LogP contribution in [0.4, 0.5) is 5.69 Å². The lowest BCUT2D eigenvalue weighted by molar-refractivity contribution is 0.0940. The van der Waals surface area contributed by atoms with E-state index in [4.69, 9.17) is 21.1 Å². The van der Waals surface area contributed by atoms with Crippen LogP contribution < -0.4 is 19.5 Å². The van der Waals surface area contributed by atoms with E-state index < -0.39 is 10.0 Å². The summed E-state index contributed by atoms with van der Waals surface area (Å²) in [7, 11) is -3.78. The lowest BCUT2D eigenvalue weighted by Crippen LogP contribution is -2.27. The van der Waals surface area contributed by atoms with Crippen LogP contribution >= 0.6 is 11.6 Å². The van der Waals surface area contributed by atoms with Gasteiger partial charge in [-0.3, -0.25) is 9.52 Å². The minimum Gasteiger partial charge on any atom is -0.490 e. The van der Waals surface area contributed by atoms with Crippen molar-refractivity contribution in [3.05, 3.63) is 82.4 Å². The van der Waals surface area contributed by atoms with Crippen LogP contribution in [0.15, 0.2) is 65.6 Å². The Morgan fingerprint density at radius 2 is 1.60 bits per heavy atom. The van der Waals surface area contributed by atoms with Gasteiger partial charge >= 0.3 is 0 Å². The van der Waals surface area contributed by atoms with Crippen LogP contribution in [0.1, 0.15) is 48.3 Å². The molecule has 35 heavy (non-hydrogen) atoms. The summed E-state index contributed by atoms with van der Waals surface area (Å²) < 4.78 is 39.0. The first-order valence-corrected chi connectivity index (χ1v) is 13.1. The maximum absolute atomic E-state index is 12.9. The van der Waals surface area contributed by atoms with E-state index in [9.17, 15) is 13.2 Å². The molecule has 0 saturated carbocycles. The largest absolute Gasteiger partial charge is 0.490 e. The number of hydrogen-bond donors (Lipinski definition) is 2. The van der Waals surface area contributed by atoms with Gasteiger partial charge in [-0.2, -0.15) is 0 Å². The van der Waals surface area contributed by atoms with Crippen molar-refractivity contribution in [1.82, 2.24) is 5.32 Å². The molecule has 0 aromatic heterocycles. The highest BCUT2D eigenvalue weighted by Crippen LogP contribution is 2.31. The first-order valence-electron chi connectivity index (χ1n) is 11.2. The summed E-state index contributed by atoms with van der Waals surface area (Å²) in [6.45, 7) is 8.51. The minimum absolute atomic E-state index is 0.125. The number of carbonyl (C=O) groups is 1. The van der Waals surface area contributed by atoms with Crippen molar-refractivity contribution in [2.24, 2.45) is 0 Å². The molecule has 0 spiro atoms. The Hall–Kier alpha value is -3.23. The van der Waals surface area contributed by atoms with Crippen molar-refractivity contribution in [3.8, 4) is 11.5 Å². The first-order chi connectivity index (χ1) is 16.6. The molecule has 3 aromatic carbocycles. The molecule has 3 rings (SSSR count). The van der Waals surface area contributed by atoms with Crippen LogP contribution in [-0.4, -0.2) is 27.5 Å². The van der Waals surface area contributed by atoms with E-state index in [0.717, 1.165) is 11.1 Å². The zero-order valence-electron chi connectivity index (χ0n) is 20.1. The van der Waals surface area contributed by atoms with Gasteiger partial charge in [0, 0.05) is 0 Å². The number of aryl methyl sites for hydroxylation is 1. The quantitative estimate of drug-likeness (QED) is 0.358. The molecule has 0 unspecified atom stereocenters. The lowest BCUT2D eigenvalue weighted by atomic mass is 10.1. The molecule has 0 aliphatic rings. The molecule has 2 N–H and O–H groups in total. The Labute approximate surface area is 211 Å². The number of sulfonamides is 1. The van der Waals surface area contributed by atoms with E-state index >= 15 is 0 Å². The summed E-state index contributed by atoms with van der Waals surface area (Å²) in [5, 5.41) is 3.04. The van der Waals surface area contributed by atoms with Crippen molar-refractivity contribution in [2.75, 3.05) is 17.9 Å². The molecule has 0 heterocycles. The fourth-order valence-corrected chi connectivity index (χ4v) is 4.70. The molecule has 7 nitrogen and oxygen atoms in total. The number of carbonyl (C=O) groups excluding carboxylic acids is 1. The van der Waals surface area contributed by atoms with E-state index in [2.05, 4.69) is 10.0 Å². The van der Waals surface area contributed by atoms with Crippen molar-refractivity contribution in [3.63, 3.8) is 0 Å². The third-order valence-electron chi connectivity index (χ3n) is 5.21. The molecular formula is C26H29ClN2O5S. The second-order valence-electron chi connectivity index (χ2n) is 7.88. The van der Waals surface area contributed by atoms with Crippen molar-refractivity contribution in [1.29, 1.82) is 0 Å². The van der Waals surface area contributed by atoms with Crippen LogP contribution in [-0.2, 0) is 10.0 Å². The maximum Gasteiger partial charge on any atom is 0.261 e. The smallest absolute Gasteiger partial charge is 0.261 e. The molecule has 186 valence electrons. The summed E-state index contributed by atoms with van der Waals surface area (Å²) in [5.41, 5.74) is 2.28. The molecule has 3 aromatic rings. The van der Waals surface area contributed by atoms with Crippen LogP contribution in [0, 0.1) is 6.92 Å². The molecular weight excluding hydrogens is 488 g/mol. The predicted octanol–water partition coefficient (Wildman–Crippen LogP) is 5.74. The Morgan fingerprint density at radius 3 is 2.23 bits per heavy atom. The fraction of sp³-hybridized carbons (Fsp3) is 0.269. The SMILES string of the molecule is CCOc1ccc([C@H](C)NC(=O)c2ccc(NS(=O)(=O)c3ccc(C)cc3)cc2Cl)cc1OCC. The molecule has 1 amide bonds. The van der Waals surface area contributed by atoms with Gasteiger partial charge in [-0.05, 0) is 75.7 Å². The zero-order valence-corrected chi connectivity index (χ0v) is 21.7. The van der Waals surface area contributed by atoms with Crippen LogP contribution in [0.25, 0.3) is 0 Å². The van der Waals surface area contributed by atoms with Crippen LogP contribution in [0.3, 0.4) is 0 Å². The third kappa shape index (κ3) is 6.68. The summed E-state index contributed by atoms with van der Waals surface area (Å²) in [6.07, 6.45) is 0. The monoisotopic (exact) mass is 516 g/mol. The topological polar surface area (TPSA) is 93.7 Å². The number of ether oxygens (including phenoxy) is 2. The van der Waals surface area contributed by atoms with E-state index in [1.807, 2.05) is 45.9 Å². The number of rotatable bonds is 10. The summed E-state index contributed by atoms with van der Waals surface area (Å²) in [6, 6.07) is 16.1. The lowest BCUT2D eigenvalue weighted by Gasteiger charge is -2.18. The van der Waals surface area contributed by atoms with Crippen molar-refractivity contribution >= 4 is 33.2 Å². The second kappa shape index (κ2) is 11.5. The van der Waals surface area contributed by atoms with Gasteiger partial charge in [0.15, 0.2) is 11.5 Å². The van der Waals surface area contributed by atoms with Gasteiger partial charge in [0.25, 0.3) is 15.9 Å². The fourth-order valence-electron chi connectivity index (χ4n) is 3.39. The Bertz CT molecular complexity index is 1290. The van der Waals surface area contributed by atoms with E-state index in [0.29, 0.717) is 24.7 Å². The predicted molar refractivity (Wildman–Crippen MR) is 138 cm³/mol. The summed E-state index contributed by atoms with van der Waals surface area (Å²) in [4.78, 5) is 13.0. The molecule has 0 radical (unpaired) electrons. The van der Waals surface area contributed by atoms with Crippen LogP contribution in [0.5, 0.6) is 11.5 Å². The number of nitrogens with one attached hydrogen (secondary N) is 2. The minimum atomic E-state index is -3.78. The number of hydrogen-bond acceptors (Lipinski definition) is 5. The molecule has 9 heteroatoms. The van der Waals surface area contributed by atoms with Gasteiger partial charge in [-0.15, -0.1) is 0 Å². The highest BCUT2D eigenvalue weighted by molar-refractivity contribution is 7.92. The Kier molecular flexibility index (Phi) is 8.64. The van der Waals surface area contributed by atoms with Gasteiger partial charge in [-0.25, -0.2) is 8.42 Å². The van der Waals surface area contributed by atoms with Gasteiger partial charge in [0.05, 0.1) is 40.4 Å². The normalized spacial score (nSPS) is 12.0. The number of anilines is 1. The van der Waals surface area contributed by atoms with E-state index in [1.54, 1.807) is 12.1 Å². The molecule has 0 saturated heterocycles. The van der Waals surface area contributed by atoms with Crippen LogP contribution in [0.2, 0.25) is 5.02 Å². The molecule has 1 atom stereocenters. The second-order valence-corrected chi connectivity index (χ2v) is 9.97. The standard InChI is InChI=1S/C26H29ClN2O5S/c1-5-33-24-14-9-19(15-25(24)34-6-2)18(4)28-26(30)22-13-10-20(16-23(22)27)29-35(31,32)21-11-7-17(3)8-12-21/h7-16,18,29H,5-6H2,1-4H3,(H,28,30)/t18-/m0/s1. The highest BCUT2D eigenvalue weighted by Gasteiger charge is 2.19. The average Bonchev–Trinajstić information content (AvgIpc) is 2.80. The van der Waals surface area contributed by atoms with Gasteiger partial charge in [-0.1, -0.05) is 35.4 Å². The first kappa shape index (κ1) is 26.4. The maximum atomic E-state index is 12.9. The van der Waals surface area contributed by atoms with Crippen molar-refractivity contribution in [2.45, 2.75) is 38.6 Å². The van der Waals surface area contributed by atoms with Gasteiger partial charge in [0.1, 0.15) is 0 Å². The summed E-state index contributed by atoms with van der Waals surface area (Å²) in [5.74, 6) is 0.863. The highest BCUT2D eigenvalue weighted by atomic mass is 35.5. The zero-order chi connectivity index (χ0) is 25.6. The molecule has 0 aliphatic heterocycles. The van der Waals surface area contributed by atoms with Crippen molar-refractivity contribution < 1.29 is 22.7 Å². The Morgan fingerprint density at radius 1 is 0.943 bits per heavy atom. The third-order valence-corrected chi connectivity index (χ3v) is 6.92. The molecule has 0 bridgehead atoms. The average molecular weight is 517 g/mol. The number of benzene rings is 3. The van der Waals surface area contributed by atoms with Gasteiger partial charge < -0.3 is 14.8 Å². The van der Waals surface area contributed by atoms with Gasteiger partial charge in [0.2, 0.25) is 0 Å². The molecule has 0 fully saturated rings. The summed E-state index contributed by atoms with van der Waals surface area (Å²) >= 11 is 6.34. The Balaban J connectivity index is 1.73.